The maximum absolute atomic E-state index is 12.9. The molecule has 2 aliphatic carbocycles. The number of nitrogens with one attached hydrogen (secondary N) is 3. The fraction of sp³-hybridized carbons (Fsp3) is 0.652. The van der Waals surface area contributed by atoms with E-state index >= 15 is 0 Å². The van der Waals surface area contributed by atoms with E-state index in [1.165, 1.54) is 32.0 Å². The van der Waals surface area contributed by atoms with Crippen LogP contribution < -0.4 is 15.4 Å². The maximum atomic E-state index is 12.9. The van der Waals surface area contributed by atoms with Gasteiger partial charge in [0.2, 0.25) is 10.0 Å². The van der Waals surface area contributed by atoms with Gasteiger partial charge in [0.1, 0.15) is 0 Å². The number of sulfonamides is 1. The van der Waals surface area contributed by atoms with Crippen molar-refractivity contribution in [1.29, 1.82) is 0 Å². The van der Waals surface area contributed by atoms with E-state index in [1.54, 1.807) is 17.0 Å². The first-order chi connectivity index (χ1) is 15.2. The molecule has 1 aliphatic heterocycles. The molecule has 9 heteroatoms. The lowest BCUT2D eigenvalue weighted by Crippen LogP contribution is -2.58. The Balaban J connectivity index is 1.27. The molecule has 2 saturated carbocycles. The van der Waals surface area contributed by atoms with Crippen LogP contribution in [0.4, 0.5) is 4.79 Å². The number of carbonyl (C=O) groups excluding carboxylic acids is 2. The van der Waals surface area contributed by atoms with Gasteiger partial charge in [-0.05, 0) is 82.0 Å². The number of nitrogens with zero attached hydrogens (tertiary/aromatic N) is 1. The summed E-state index contributed by atoms with van der Waals surface area (Å²) in [5.41, 5.74) is 0.334. The second-order valence-electron chi connectivity index (χ2n) is 9.71. The van der Waals surface area contributed by atoms with Gasteiger partial charge in [-0.15, -0.1) is 0 Å². The van der Waals surface area contributed by atoms with Crippen LogP contribution in [0.25, 0.3) is 0 Å². The number of likely N-dealkylation sites (tertiary alicyclic amines) is 1. The SMILES string of the molecule is CNS(=O)(=O)c1cccc(C(=O)N2CCC(NC(=O)NC3(CC4C[C@@H]4C)CCC3)CC2)c1. The van der Waals surface area contributed by atoms with E-state index in [1.807, 2.05) is 0 Å². The monoisotopic (exact) mass is 462 g/mol. The van der Waals surface area contributed by atoms with Crippen molar-refractivity contribution < 1.29 is 18.0 Å². The predicted octanol–water partition coefficient (Wildman–Crippen LogP) is 2.47. The van der Waals surface area contributed by atoms with Crippen LogP contribution in [0.2, 0.25) is 0 Å². The van der Waals surface area contributed by atoms with Crippen LogP contribution in [0.3, 0.4) is 0 Å². The maximum Gasteiger partial charge on any atom is 0.315 e. The van der Waals surface area contributed by atoms with Crippen molar-refractivity contribution in [2.45, 2.75) is 68.3 Å². The summed E-state index contributed by atoms with van der Waals surface area (Å²) in [6.45, 7) is 3.33. The molecule has 8 nitrogen and oxygen atoms in total. The van der Waals surface area contributed by atoms with Crippen LogP contribution in [0.15, 0.2) is 29.2 Å². The molecule has 0 radical (unpaired) electrons. The van der Waals surface area contributed by atoms with Crippen LogP contribution in [0, 0.1) is 11.8 Å². The molecule has 0 aromatic heterocycles. The van der Waals surface area contributed by atoms with Gasteiger partial charge in [-0.25, -0.2) is 17.9 Å². The third-order valence-electron chi connectivity index (χ3n) is 7.40. The Kier molecular flexibility index (Phi) is 6.49. The minimum Gasteiger partial charge on any atom is -0.338 e. The average molecular weight is 463 g/mol. The third-order valence-corrected chi connectivity index (χ3v) is 8.81. The zero-order chi connectivity index (χ0) is 22.9. The third kappa shape index (κ3) is 5.09. The molecule has 1 aromatic carbocycles. The Morgan fingerprint density at radius 2 is 1.88 bits per heavy atom. The van der Waals surface area contributed by atoms with Crippen molar-refractivity contribution >= 4 is 22.0 Å². The average Bonchev–Trinajstić information content (AvgIpc) is 3.46. The molecule has 3 fully saturated rings. The van der Waals surface area contributed by atoms with Crippen LogP contribution in [0.1, 0.15) is 62.2 Å². The number of benzene rings is 1. The zero-order valence-electron chi connectivity index (χ0n) is 18.9. The van der Waals surface area contributed by atoms with Gasteiger partial charge in [0.05, 0.1) is 4.90 Å². The van der Waals surface area contributed by atoms with E-state index in [2.05, 4.69) is 22.3 Å². The van der Waals surface area contributed by atoms with E-state index in [0.717, 1.165) is 31.1 Å². The van der Waals surface area contributed by atoms with Crippen molar-refractivity contribution in [2.75, 3.05) is 20.1 Å². The molecule has 2 atom stereocenters. The minimum atomic E-state index is -3.60. The summed E-state index contributed by atoms with van der Waals surface area (Å²) in [7, 11) is -2.26. The van der Waals surface area contributed by atoms with Crippen LogP contribution in [-0.4, -0.2) is 57.0 Å². The molecular formula is C23H34N4O4S. The van der Waals surface area contributed by atoms with Gasteiger partial charge in [-0.1, -0.05) is 13.0 Å². The molecule has 3 amide bonds. The molecule has 1 saturated heterocycles. The van der Waals surface area contributed by atoms with Gasteiger partial charge in [0, 0.05) is 30.2 Å². The quantitative estimate of drug-likeness (QED) is 0.578. The van der Waals surface area contributed by atoms with Crippen molar-refractivity contribution in [3.63, 3.8) is 0 Å². The Bertz CT molecular complexity index is 968. The normalized spacial score (nSPS) is 25.0. The second-order valence-corrected chi connectivity index (χ2v) is 11.6. The first-order valence-electron chi connectivity index (χ1n) is 11.6. The van der Waals surface area contributed by atoms with Crippen molar-refractivity contribution in [2.24, 2.45) is 11.8 Å². The molecule has 0 spiro atoms. The molecule has 1 heterocycles. The summed E-state index contributed by atoms with van der Waals surface area (Å²) in [4.78, 5) is 27.3. The van der Waals surface area contributed by atoms with Crippen molar-refractivity contribution in [1.82, 2.24) is 20.3 Å². The molecule has 3 aliphatic rings. The van der Waals surface area contributed by atoms with Gasteiger partial charge < -0.3 is 15.5 Å². The number of urea groups is 1. The standard InChI is InChI=1S/C23H34N4O4S/c1-16-13-18(16)15-23(9-4-10-23)26-22(29)25-19-7-11-27(12-8-19)21(28)17-5-3-6-20(14-17)32(30,31)24-2/h3,5-6,14,16,18-19,24H,4,7-13,15H2,1-2H3,(H2,25,26,29)/t16-,18?/m0/s1. The van der Waals surface area contributed by atoms with Gasteiger partial charge in [0.25, 0.3) is 5.91 Å². The number of rotatable bonds is 7. The van der Waals surface area contributed by atoms with Crippen molar-refractivity contribution in [3.8, 4) is 0 Å². The highest BCUT2D eigenvalue weighted by molar-refractivity contribution is 7.89. The lowest BCUT2D eigenvalue weighted by Gasteiger charge is -2.43. The highest BCUT2D eigenvalue weighted by Gasteiger charge is 2.45. The first-order valence-corrected chi connectivity index (χ1v) is 13.1. The Morgan fingerprint density at radius 1 is 1.19 bits per heavy atom. The van der Waals surface area contributed by atoms with Gasteiger partial charge in [-0.2, -0.15) is 0 Å². The van der Waals surface area contributed by atoms with E-state index in [9.17, 15) is 18.0 Å². The summed E-state index contributed by atoms with van der Waals surface area (Å²) in [5.74, 6) is 1.36. The van der Waals surface area contributed by atoms with Gasteiger partial charge in [-0.3, -0.25) is 4.79 Å². The molecule has 1 aromatic rings. The minimum absolute atomic E-state index is 0.0190. The number of piperidine rings is 1. The van der Waals surface area contributed by atoms with Gasteiger partial charge in [0.15, 0.2) is 0 Å². The van der Waals surface area contributed by atoms with Gasteiger partial charge >= 0.3 is 6.03 Å². The summed E-state index contributed by atoms with van der Waals surface area (Å²) in [6.07, 6.45) is 7.05. The van der Waals surface area contributed by atoms with E-state index in [4.69, 9.17) is 0 Å². The number of amides is 3. The highest BCUT2D eigenvalue weighted by atomic mass is 32.2. The van der Waals surface area contributed by atoms with E-state index in [-0.39, 0.29) is 28.4 Å². The van der Waals surface area contributed by atoms with E-state index < -0.39 is 10.0 Å². The fourth-order valence-electron chi connectivity index (χ4n) is 4.96. The summed E-state index contributed by atoms with van der Waals surface area (Å²) in [5, 5.41) is 6.37. The molecule has 176 valence electrons. The Labute approximate surface area is 190 Å². The lowest BCUT2D eigenvalue weighted by atomic mass is 9.73. The Hall–Kier alpha value is -2.13. The predicted molar refractivity (Wildman–Crippen MR) is 122 cm³/mol. The smallest absolute Gasteiger partial charge is 0.315 e. The highest BCUT2D eigenvalue weighted by Crippen LogP contribution is 2.48. The molecule has 3 N–H and O–H groups in total. The van der Waals surface area contributed by atoms with Crippen molar-refractivity contribution in [3.05, 3.63) is 29.8 Å². The summed E-state index contributed by atoms with van der Waals surface area (Å²) in [6, 6.07) is 6.03. The number of hydrogen-bond donors (Lipinski definition) is 3. The molecule has 0 bridgehead atoms. The molecule has 1 unspecified atom stereocenters. The fourth-order valence-corrected chi connectivity index (χ4v) is 5.73. The zero-order valence-corrected chi connectivity index (χ0v) is 19.7. The molecular weight excluding hydrogens is 428 g/mol. The van der Waals surface area contributed by atoms with E-state index in [0.29, 0.717) is 31.5 Å². The molecule has 32 heavy (non-hydrogen) atoms. The van der Waals surface area contributed by atoms with Crippen LogP contribution in [0.5, 0.6) is 0 Å². The topological polar surface area (TPSA) is 108 Å². The lowest BCUT2D eigenvalue weighted by molar-refractivity contribution is 0.0707. The largest absolute Gasteiger partial charge is 0.338 e. The first kappa shape index (κ1) is 23.0. The summed E-state index contributed by atoms with van der Waals surface area (Å²) < 4.78 is 26.3. The molecule has 4 rings (SSSR count). The van der Waals surface area contributed by atoms with Crippen LogP contribution in [-0.2, 0) is 10.0 Å². The number of carbonyl (C=O) groups is 2. The Morgan fingerprint density at radius 3 is 2.44 bits per heavy atom. The summed E-state index contributed by atoms with van der Waals surface area (Å²) >= 11 is 0. The second kappa shape index (κ2) is 9.02. The number of hydrogen-bond acceptors (Lipinski definition) is 4. The van der Waals surface area contributed by atoms with Crippen LogP contribution >= 0.6 is 0 Å².